The number of halogens is 1. The van der Waals surface area contributed by atoms with Crippen molar-refractivity contribution in [1.82, 2.24) is 14.3 Å². The van der Waals surface area contributed by atoms with E-state index in [1.54, 1.807) is 13.1 Å². The molecule has 0 fully saturated rings. The fourth-order valence-corrected chi connectivity index (χ4v) is 3.62. The first kappa shape index (κ1) is 17.5. The lowest BCUT2D eigenvalue weighted by molar-refractivity contribution is 0.304. The summed E-state index contributed by atoms with van der Waals surface area (Å²) in [6.07, 6.45) is 3.23. The average molecular weight is 322 g/mol. The Labute approximate surface area is 126 Å². The summed E-state index contributed by atoms with van der Waals surface area (Å²) >= 11 is 6.00. The van der Waals surface area contributed by atoms with Gasteiger partial charge < -0.3 is 4.57 Å². The van der Waals surface area contributed by atoms with Gasteiger partial charge in [0.2, 0.25) is 0 Å². The minimum Gasteiger partial charge on any atom is -0.334 e. The summed E-state index contributed by atoms with van der Waals surface area (Å²) < 4.78 is 29.0. The van der Waals surface area contributed by atoms with Crippen LogP contribution in [0.5, 0.6) is 0 Å². The minimum atomic E-state index is -3.58. The summed E-state index contributed by atoms with van der Waals surface area (Å²) in [7, 11) is -3.58. The van der Waals surface area contributed by atoms with Crippen molar-refractivity contribution in [1.29, 1.82) is 0 Å². The molecule has 0 aromatic carbocycles. The van der Waals surface area contributed by atoms with Gasteiger partial charge in [0, 0.05) is 25.2 Å². The molecular weight excluding hydrogens is 298 g/mol. The van der Waals surface area contributed by atoms with Crippen LogP contribution >= 0.6 is 11.6 Å². The third kappa shape index (κ3) is 3.74. The summed E-state index contributed by atoms with van der Waals surface area (Å²) in [5.41, 5.74) is -0.197. The van der Waals surface area contributed by atoms with Gasteiger partial charge in [-0.1, -0.05) is 13.8 Å². The first-order valence-corrected chi connectivity index (χ1v) is 8.95. The molecule has 0 saturated heterocycles. The molecule has 0 radical (unpaired) electrons. The molecule has 1 heterocycles. The van der Waals surface area contributed by atoms with Crippen LogP contribution in [0.3, 0.4) is 0 Å². The summed E-state index contributed by atoms with van der Waals surface area (Å²) in [6, 6.07) is 0. The van der Waals surface area contributed by atoms with Crippen LogP contribution in [0.1, 0.15) is 39.4 Å². The van der Waals surface area contributed by atoms with E-state index in [1.165, 1.54) is 0 Å². The summed E-state index contributed by atoms with van der Waals surface area (Å²) in [5, 5.41) is 0.0764. The van der Waals surface area contributed by atoms with E-state index in [-0.39, 0.29) is 10.4 Å². The highest BCUT2D eigenvalue weighted by molar-refractivity contribution is 7.89. The molecule has 0 aliphatic heterocycles. The molecule has 0 spiro atoms. The van der Waals surface area contributed by atoms with Crippen LogP contribution < -0.4 is 4.72 Å². The minimum absolute atomic E-state index is 0.0764. The highest BCUT2D eigenvalue weighted by Gasteiger charge is 2.28. The van der Waals surface area contributed by atoms with Gasteiger partial charge in [-0.05, 0) is 32.1 Å². The molecule has 0 aliphatic carbocycles. The van der Waals surface area contributed by atoms with Crippen molar-refractivity contribution in [3.8, 4) is 0 Å². The number of hydrogen-bond donors (Lipinski definition) is 1. The van der Waals surface area contributed by atoms with Gasteiger partial charge in [0.05, 0.1) is 0 Å². The number of nitrogens with one attached hydrogen (secondary N) is 1. The first-order valence-electron chi connectivity index (χ1n) is 6.93. The van der Waals surface area contributed by atoms with Crippen molar-refractivity contribution in [2.75, 3.05) is 12.4 Å². The van der Waals surface area contributed by atoms with E-state index in [4.69, 9.17) is 11.6 Å². The molecule has 1 aromatic rings. The van der Waals surface area contributed by atoms with Crippen molar-refractivity contribution < 1.29 is 8.42 Å². The number of rotatable bonds is 8. The maximum atomic E-state index is 12.3. The Kier molecular flexibility index (Phi) is 6.04. The fraction of sp³-hybridized carbons (Fsp3) is 0.769. The predicted molar refractivity (Wildman–Crippen MR) is 81.6 cm³/mol. The zero-order valence-corrected chi connectivity index (χ0v) is 14.2. The topological polar surface area (TPSA) is 64.0 Å². The molecule has 1 aromatic heterocycles. The lowest BCUT2D eigenvalue weighted by Crippen LogP contribution is -2.38. The summed E-state index contributed by atoms with van der Waals surface area (Å²) in [4.78, 5) is 4.11. The second-order valence-corrected chi connectivity index (χ2v) is 7.06. The molecule has 0 atom stereocenters. The summed E-state index contributed by atoms with van der Waals surface area (Å²) in [6.45, 7) is 8.83. The van der Waals surface area contributed by atoms with Crippen molar-refractivity contribution >= 4 is 21.6 Å². The standard InChI is InChI=1S/C13H24ClN3O2S/c1-5-13(6-2,9-14)10-15-20(18,19)12-8-17(7-3)11(4)16-12/h8,15H,5-7,9-10H2,1-4H3. The van der Waals surface area contributed by atoms with Gasteiger partial charge in [-0.2, -0.15) is 0 Å². The maximum absolute atomic E-state index is 12.3. The largest absolute Gasteiger partial charge is 0.334 e. The number of alkyl halides is 1. The molecule has 1 N–H and O–H groups in total. The van der Waals surface area contributed by atoms with Crippen LogP contribution in [0.15, 0.2) is 11.2 Å². The predicted octanol–water partition coefficient (Wildman–Crippen LogP) is 2.53. The lowest BCUT2D eigenvalue weighted by atomic mass is 9.85. The normalized spacial score (nSPS) is 12.8. The monoisotopic (exact) mass is 321 g/mol. The van der Waals surface area contributed by atoms with Gasteiger partial charge in [0.15, 0.2) is 5.03 Å². The van der Waals surface area contributed by atoms with Gasteiger partial charge >= 0.3 is 0 Å². The number of hydrogen-bond acceptors (Lipinski definition) is 3. The van der Waals surface area contributed by atoms with Crippen LogP contribution in [0.25, 0.3) is 0 Å². The van der Waals surface area contributed by atoms with Crippen LogP contribution in [0, 0.1) is 12.3 Å². The van der Waals surface area contributed by atoms with Gasteiger partial charge in [-0.15, -0.1) is 11.6 Å². The number of nitrogens with zero attached hydrogens (tertiary/aromatic N) is 2. The van der Waals surface area contributed by atoms with E-state index in [1.807, 2.05) is 25.3 Å². The molecule has 1 rings (SSSR count). The Balaban J connectivity index is 2.89. The number of aryl methyl sites for hydroxylation is 2. The van der Waals surface area contributed by atoms with Crippen LogP contribution in [-0.4, -0.2) is 30.4 Å². The Morgan fingerprint density at radius 2 is 1.95 bits per heavy atom. The van der Waals surface area contributed by atoms with Crippen molar-refractivity contribution in [2.24, 2.45) is 5.41 Å². The highest BCUT2D eigenvalue weighted by atomic mass is 35.5. The SMILES string of the molecule is CCn1cc(S(=O)(=O)NCC(CC)(CC)CCl)nc1C. The molecule has 0 aliphatic rings. The van der Waals surface area contributed by atoms with Crippen molar-refractivity contribution in [2.45, 2.75) is 52.1 Å². The Morgan fingerprint density at radius 3 is 2.35 bits per heavy atom. The molecule has 0 saturated carbocycles. The zero-order chi connectivity index (χ0) is 15.4. The maximum Gasteiger partial charge on any atom is 0.259 e. The van der Waals surface area contributed by atoms with Gasteiger partial charge in [-0.25, -0.2) is 18.1 Å². The Bertz CT molecular complexity index is 528. The lowest BCUT2D eigenvalue weighted by Gasteiger charge is -2.29. The van der Waals surface area contributed by atoms with Crippen LogP contribution in [-0.2, 0) is 16.6 Å². The third-order valence-corrected chi connectivity index (χ3v) is 5.83. The number of imidazole rings is 1. The Hall–Kier alpha value is -0.590. The second-order valence-electron chi connectivity index (χ2n) is 5.08. The molecular formula is C13H24ClN3O2S. The molecule has 116 valence electrons. The number of sulfonamides is 1. The van der Waals surface area contributed by atoms with Crippen LogP contribution in [0.2, 0.25) is 0 Å². The molecule has 5 nitrogen and oxygen atoms in total. The molecule has 0 amide bonds. The highest BCUT2D eigenvalue weighted by Crippen LogP contribution is 2.27. The van der Waals surface area contributed by atoms with E-state index in [2.05, 4.69) is 9.71 Å². The van der Waals surface area contributed by atoms with Gasteiger partial charge in [0.1, 0.15) is 5.82 Å². The molecule has 0 bridgehead atoms. The van der Waals surface area contributed by atoms with Crippen LogP contribution in [0.4, 0.5) is 0 Å². The van der Waals surface area contributed by atoms with E-state index >= 15 is 0 Å². The second kappa shape index (κ2) is 6.91. The third-order valence-electron chi connectivity index (χ3n) is 3.99. The quantitative estimate of drug-likeness (QED) is 0.748. The fourth-order valence-electron chi connectivity index (χ4n) is 1.99. The zero-order valence-electron chi connectivity index (χ0n) is 12.6. The van der Waals surface area contributed by atoms with Crippen molar-refractivity contribution in [3.63, 3.8) is 0 Å². The molecule has 7 heteroatoms. The summed E-state index contributed by atoms with van der Waals surface area (Å²) in [5.74, 6) is 1.13. The number of aromatic nitrogens is 2. The van der Waals surface area contributed by atoms with E-state index in [0.717, 1.165) is 12.8 Å². The molecule has 0 unspecified atom stereocenters. The van der Waals surface area contributed by atoms with Crippen molar-refractivity contribution in [3.05, 3.63) is 12.0 Å². The first-order chi connectivity index (χ1) is 9.34. The average Bonchev–Trinajstić information content (AvgIpc) is 2.83. The Morgan fingerprint density at radius 1 is 1.35 bits per heavy atom. The van der Waals surface area contributed by atoms with Gasteiger partial charge in [0.25, 0.3) is 10.0 Å². The van der Waals surface area contributed by atoms with E-state index in [0.29, 0.717) is 24.8 Å². The van der Waals surface area contributed by atoms with E-state index < -0.39 is 10.0 Å². The smallest absolute Gasteiger partial charge is 0.259 e. The van der Waals surface area contributed by atoms with Gasteiger partial charge in [-0.3, -0.25) is 0 Å². The van der Waals surface area contributed by atoms with E-state index in [9.17, 15) is 8.42 Å². The molecule has 20 heavy (non-hydrogen) atoms.